The van der Waals surface area contributed by atoms with Gasteiger partial charge in [0.05, 0.1) is 23.9 Å². The van der Waals surface area contributed by atoms with Gasteiger partial charge in [-0.05, 0) is 54.4 Å². The minimum Gasteiger partial charge on any atom is -0.326 e. The monoisotopic (exact) mass is 518 g/mol. The van der Waals surface area contributed by atoms with Crippen LogP contribution in [0.3, 0.4) is 0 Å². The van der Waals surface area contributed by atoms with Crippen molar-refractivity contribution in [1.29, 1.82) is 0 Å². The second kappa shape index (κ2) is 10.1. The molecule has 4 amide bonds. The zero-order valence-electron chi connectivity index (χ0n) is 19.9. The quantitative estimate of drug-likeness (QED) is 0.479. The van der Waals surface area contributed by atoms with E-state index < -0.39 is 23.8 Å². The van der Waals surface area contributed by atoms with Crippen LogP contribution in [0.1, 0.15) is 30.1 Å². The highest BCUT2D eigenvalue weighted by molar-refractivity contribution is 6.30. The van der Waals surface area contributed by atoms with Crippen LogP contribution in [-0.2, 0) is 9.59 Å². The van der Waals surface area contributed by atoms with E-state index in [1.165, 1.54) is 34.1 Å². The zero-order chi connectivity index (χ0) is 26.1. The van der Waals surface area contributed by atoms with E-state index in [9.17, 15) is 18.8 Å². The van der Waals surface area contributed by atoms with Crippen LogP contribution in [0.25, 0.3) is 0 Å². The Morgan fingerprint density at radius 3 is 2.38 bits per heavy atom. The highest BCUT2D eigenvalue weighted by Gasteiger charge is 2.47. The van der Waals surface area contributed by atoms with Crippen LogP contribution in [0.4, 0.5) is 14.9 Å². The number of anilines is 1. The standard InChI is InChI=1S/C28H24ClFN4O3/c1-2-33-22-16-34(27(36)23(22)24(32-28(33)37)17-8-10-19(29)11-9-17)25(18-6-4-3-5-7-18)26(35)31-21-14-12-20(30)13-15-21/h3-15,24-25H,2,16H2,1H3,(H,31,35)(H,32,37)/t24-,25+/m0/s1. The molecule has 7 nitrogen and oxygen atoms in total. The Balaban J connectivity index is 1.53. The fourth-order valence-electron chi connectivity index (χ4n) is 4.81. The molecule has 0 bridgehead atoms. The van der Waals surface area contributed by atoms with Gasteiger partial charge in [-0.2, -0.15) is 0 Å². The minimum absolute atomic E-state index is 0.0793. The number of carbonyl (C=O) groups is 3. The van der Waals surface area contributed by atoms with Crippen molar-refractivity contribution < 1.29 is 18.8 Å². The van der Waals surface area contributed by atoms with Gasteiger partial charge in [-0.15, -0.1) is 0 Å². The van der Waals surface area contributed by atoms with E-state index in [0.29, 0.717) is 39.7 Å². The molecule has 0 fully saturated rings. The molecule has 2 N–H and O–H groups in total. The number of urea groups is 1. The second-order valence-electron chi connectivity index (χ2n) is 8.78. The molecule has 0 aromatic heterocycles. The minimum atomic E-state index is -0.982. The highest BCUT2D eigenvalue weighted by atomic mass is 35.5. The lowest BCUT2D eigenvalue weighted by Crippen LogP contribution is -2.47. The smallest absolute Gasteiger partial charge is 0.322 e. The number of nitrogens with one attached hydrogen (secondary N) is 2. The fourth-order valence-corrected chi connectivity index (χ4v) is 4.94. The molecular formula is C28H24ClFN4O3. The molecule has 0 unspecified atom stereocenters. The number of halogens is 2. The second-order valence-corrected chi connectivity index (χ2v) is 9.22. The maximum atomic E-state index is 14.0. The molecule has 0 spiro atoms. The van der Waals surface area contributed by atoms with Gasteiger partial charge >= 0.3 is 6.03 Å². The van der Waals surface area contributed by atoms with E-state index in [1.807, 2.05) is 13.0 Å². The summed E-state index contributed by atoms with van der Waals surface area (Å²) < 4.78 is 13.4. The number of amides is 4. The Morgan fingerprint density at radius 1 is 1.05 bits per heavy atom. The molecule has 2 atom stereocenters. The van der Waals surface area contributed by atoms with Gasteiger partial charge in [0.25, 0.3) is 11.8 Å². The van der Waals surface area contributed by atoms with Crippen molar-refractivity contribution in [3.8, 4) is 0 Å². The average Bonchev–Trinajstić information content (AvgIpc) is 3.22. The summed E-state index contributed by atoms with van der Waals surface area (Å²) >= 11 is 6.06. The lowest BCUT2D eigenvalue weighted by Gasteiger charge is -2.32. The number of carbonyl (C=O) groups excluding carboxylic acids is 3. The maximum Gasteiger partial charge on any atom is 0.322 e. The van der Waals surface area contributed by atoms with Crippen LogP contribution in [0.2, 0.25) is 5.02 Å². The summed E-state index contributed by atoms with van der Waals surface area (Å²) in [7, 11) is 0. The summed E-state index contributed by atoms with van der Waals surface area (Å²) in [5.41, 5.74) is 2.71. The summed E-state index contributed by atoms with van der Waals surface area (Å²) in [5.74, 6) is -1.22. The van der Waals surface area contributed by atoms with E-state index in [4.69, 9.17) is 11.6 Å². The van der Waals surface area contributed by atoms with Crippen LogP contribution in [0.5, 0.6) is 0 Å². The Kier molecular flexibility index (Phi) is 6.67. The van der Waals surface area contributed by atoms with Gasteiger partial charge in [-0.1, -0.05) is 54.1 Å². The lowest BCUT2D eigenvalue weighted by atomic mass is 9.95. The van der Waals surface area contributed by atoms with Crippen molar-refractivity contribution >= 4 is 35.1 Å². The van der Waals surface area contributed by atoms with E-state index in [0.717, 1.165) is 0 Å². The fraction of sp³-hybridized carbons (Fsp3) is 0.179. The third-order valence-electron chi connectivity index (χ3n) is 6.56. The van der Waals surface area contributed by atoms with Crippen molar-refractivity contribution in [1.82, 2.24) is 15.1 Å². The molecule has 0 aliphatic carbocycles. The van der Waals surface area contributed by atoms with Crippen molar-refractivity contribution in [3.05, 3.63) is 112 Å². The molecule has 9 heteroatoms. The van der Waals surface area contributed by atoms with E-state index in [-0.39, 0.29) is 18.5 Å². The van der Waals surface area contributed by atoms with E-state index >= 15 is 0 Å². The highest BCUT2D eigenvalue weighted by Crippen LogP contribution is 2.40. The molecule has 2 aliphatic heterocycles. The Labute approximate surface area is 218 Å². The lowest BCUT2D eigenvalue weighted by molar-refractivity contribution is -0.134. The normalized spacial score (nSPS) is 18.0. The van der Waals surface area contributed by atoms with E-state index in [1.54, 1.807) is 48.5 Å². The van der Waals surface area contributed by atoms with Crippen LogP contribution in [0, 0.1) is 5.82 Å². The first kappa shape index (κ1) is 24.5. The van der Waals surface area contributed by atoms with Crippen LogP contribution < -0.4 is 10.6 Å². The first-order valence-electron chi connectivity index (χ1n) is 11.9. The third kappa shape index (κ3) is 4.68. The molecular weight excluding hydrogens is 495 g/mol. The number of rotatable bonds is 6. The van der Waals surface area contributed by atoms with Gasteiger partial charge in [0.1, 0.15) is 11.9 Å². The Morgan fingerprint density at radius 2 is 1.73 bits per heavy atom. The van der Waals surface area contributed by atoms with Gasteiger partial charge in [0.2, 0.25) is 0 Å². The molecule has 2 heterocycles. The van der Waals surface area contributed by atoms with Crippen molar-refractivity contribution in [2.45, 2.75) is 19.0 Å². The van der Waals surface area contributed by atoms with Gasteiger partial charge in [-0.3, -0.25) is 14.5 Å². The molecule has 37 heavy (non-hydrogen) atoms. The predicted molar refractivity (Wildman–Crippen MR) is 138 cm³/mol. The van der Waals surface area contributed by atoms with Crippen LogP contribution >= 0.6 is 11.6 Å². The summed E-state index contributed by atoms with van der Waals surface area (Å²) in [5, 5.41) is 6.27. The number of nitrogens with zero attached hydrogens (tertiary/aromatic N) is 2. The van der Waals surface area contributed by atoms with Crippen molar-refractivity contribution in [3.63, 3.8) is 0 Å². The van der Waals surface area contributed by atoms with Gasteiger partial charge in [0, 0.05) is 17.3 Å². The van der Waals surface area contributed by atoms with Gasteiger partial charge in [0.15, 0.2) is 0 Å². The first-order chi connectivity index (χ1) is 17.9. The van der Waals surface area contributed by atoms with Gasteiger partial charge < -0.3 is 15.5 Å². The molecule has 3 aromatic rings. The molecule has 0 radical (unpaired) electrons. The Bertz CT molecular complexity index is 1380. The van der Waals surface area contributed by atoms with E-state index in [2.05, 4.69) is 10.6 Å². The Hall–Kier alpha value is -4.17. The number of hydrogen-bond acceptors (Lipinski definition) is 3. The van der Waals surface area contributed by atoms with Crippen molar-refractivity contribution in [2.75, 3.05) is 18.4 Å². The topological polar surface area (TPSA) is 81.8 Å². The maximum absolute atomic E-state index is 14.0. The molecule has 3 aromatic carbocycles. The largest absolute Gasteiger partial charge is 0.326 e. The summed E-state index contributed by atoms with van der Waals surface area (Å²) in [4.78, 5) is 43.6. The number of hydrogen-bond donors (Lipinski definition) is 2. The average molecular weight is 519 g/mol. The van der Waals surface area contributed by atoms with Gasteiger partial charge in [-0.25, -0.2) is 9.18 Å². The zero-order valence-corrected chi connectivity index (χ0v) is 20.7. The van der Waals surface area contributed by atoms with Crippen molar-refractivity contribution in [2.24, 2.45) is 0 Å². The third-order valence-corrected chi connectivity index (χ3v) is 6.81. The number of benzene rings is 3. The summed E-state index contributed by atoms with van der Waals surface area (Å²) in [6, 6.07) is 19.3. The van der Waals surface area contributed by atoms with Crippen LogP contribution in [0.15, 0.2) is 90.1 Å². The summed E-state index contributed by atoms with van der Waals surface area (Å²) in [6.07, 6.45) is 0. The molecule has 188 valence electrons. The molecule has 5 rings (SSSR count). The first-order valence-corrected chi connectivity index (χ1v) is 12.2. The van der Waals surface area contributed by atoms with Crippen LogP contribution in [-0.4, -0.2) is 40.7 Å². The predicted octanol–water partition coefficient (Wildman–Crippen LogP) is 5.04. The SMILES string of the molecule is CCN1C(=O)N[C@@H](c2ccc(Cl)cc2)C2=C1CN([C@@H](C(=O)Nc1ccc(F)cc1)c1ccccc1)C2=O. The summed E-state index contributed by atoms with van der Waals surface area (Å²) in [6.45, 7) is 2.27. The molecule has 0 saturated heterocycles. The number of likely N-dealkylation sites (N-methyl/N-ethyl adjacent to an activating group) is 1. The molecule has 0 saturated carbocycles. The molecule has 2 aliphatic rings.